The van der Waals surface area contributed by atoms with Crippen molar-refractivity contribution in [2.24, 2.45) is 0 Å². The van der Waals surface area contributed by atoms with Crippen molar-refractivity contribution in [3.05, 3.63) is 53.6 Å². The highest BCUT2D eigenvalue weighted by atomic mass is 13.9. The van der Waals surface area contributed by atoms with Crippen molar-refractivity contribution in [3.8, 4) is 0 Å². The van der Waals surface area contributed by atoms with E-state index in [-0.39, 0.29) is 0 Å². The van der Waals surface area contributed by atoms with Gasteiger partial charge in [-0.15, -0.1) is 0 Å². The Hall–Kier alpha value is -1.30. The van der Waals surface area contributed by atoms with Gasteiger partial charge in [-0.3, -0.25) is 0 Å². The van der Waals surface area contributed by atoms with Crippen LogP contribution in [0.25, 0.3) is 6.08 Å². The Morgan fingerprint density at radius 2 is 1.82 bits per heavy atom. The highest BCUT2D eigenvalue weighted by molar-refractivity contribution is 5.52. The monoisotopic (exact) mass is 228 g/mol. The molecular weight excluding hydrogens is 204 g/mol. The van der Waals surface area contributed by atoms with Crippen molar-refractivity contribution >= 4 is 6.08 Å². The summed E-state index contributed by atoms with van der Waals surface area (Å²) >= 11 is 0. The summed E-state index contributed by atoms with van der Waals surface area (Å²) in [7, 11) is 0. The van der Waals surface area contributed by atoms with Crippen molar-refractivity contribution < 1.29 is 0 Å². The first-order chi connectivity index (χ1) is 8.33. The molecule has 0 radical (unpaired) electrons. The maximum Gasteiger partial charge on any atom is -0.0257 e. The molecule has 0 saturated carbocycles. The van der Waals surface area contributed by atoms with E-state index >= 15 is 0 Å². The first-order valence-corrected chi connectivity index (χ1v) is 6.73. The summed E-state index contributed by atoms with van der Waals surface area (Å²) in [5, 5.41) is 0. The van der Waals surface area contributed by atoms with E-state index < -0.39 is 0 Å². The van der Waals surface area contributed by atoms with Crippen molar-refractivity contribution in [1.29, 1.82) is 0 Å². The Labute approximate surface area is 106 Å². The molecule has 17 heavy (non-hydrogen) atoms. The molecule has 1 aromatic rings. The maximum absolute atomic E-state index is 2.34. The second kappa shape index (κ2) is 8.81. The van der Waals surface area contributed by atoms with Gasteiger partial charge in [-0.25, -0.2) is 0 Å². The number of hydrogen-bond acceptors (Lipinski definition) is 0. The fourth-order valence-electron chi connectivity index (χ4n) is 1.76. The minimum Gasteiger partial charge on any atom is -0.0816 e. The Morgan fingerprint density at radius 1 is 1.06 bits per heavy atom. The fourth-order valence-corrected chi connectivity index (χ4v) is 1.76. The summed E-state index contributed by atoms with van der Waals surface area (Å²) in [6, 6.07) is 10.5. The van der Waals surface area contributed by atoms with E-state index in [1.807, 2.05) is 6.07 Å². The average Bonchev–Trinajstić information content (AvgIpc) is 2.37. The largest absolute Gasteiger partial charge is 0.0816 e. The van der Waals surface area contributed by atoms with E-state index in [1.54, 1.807) is 0 Å². The number of allylic oxidation sites excluding steroid dienone is 3. The predicted octanol–water partition coefficient (Wildman–Crippen LogP) is 5.62. The lowest BCUT2D eigenvalue weighted by atomic mass is 10.1. The van der Waals surface area contributed by atoms with Gasteiger partial charge in [0.15, 0.2) is 0 Å². The standard InChI is InChI=1S/C17H24/c1-3-4-5-6-8-11-16(2)14-15-17-12-9-7-10-13-17/h7,9-15H,3-6,8H2,1-2H3. The topological polar surface area (TPSA) is 0 Å². The Kier molecular flexibility index (Phi) is 7.13. The van der Waals surface area contributed by atoms with Crippen LogP contribution in [0.3, 0.4) is 0 Å². The highest BCUT2D eigenvalue weighted by Crippen LogP contribution is 2.08. The minimum atomic E-state index is 1.21. The third-order valence-corrected chi connectivity index (χ3v) is 2.86. The molecule has 0 aliphatic rings. The summed E-state index contributed by atoms with van der Waals surface area (Å²) in [4.78, 5) is 0. The molecule has 0 aliphatic carbocycles. The molecule has 0 N–H and O–H groups in total. The molecule has 1 aromatic carbocycles. The third kappa shape index (κ3) is 6.78. The smallest absolute Gasteiger partial charge is 0.0257 e. The van der Waals surface area contributed by atoms with Crippen molar-refractivity contribution in [2.45, 2.75) is 46.0 Å². The summed E-state index contributed by atoms with van der Waals surface area (Å²) in [5.41, 5.74) is 2.64. The molecule has 0 saturated heterocycles. The summed E-state index contributed by atoms with van der Waals surface area (Å²) in [5.74, 6) is 0. The number of rotatable bonds is 7. The zero-order valence-corrected chi connectivity index (χ0v) is 11.2. The van der Waals surface area contributed by atoms with Gasteiger partial charge in [-0.2, -0.15) is 0 Å². The summed E-state index contributed by atoms with van der Waals surface area (Å²) in [6.07, 6.45) is 13.3. The van der Waals surface area contributed by atoms with Gasteiger partial charge in [0.1, 0.15) is 0 Å². The lowest BCUT2D eigenvalue weighted by Crippen LogP contribution is -1.76. The fraction of sp³-hybridized carbons (Fsp3) is 0.412. The molecule has 0 heterocycles. The van der Waals surface area contributed by atoms with E-state index in [0.29, 0.717) is 0 Å². The highest BCUT2D eigenvalue weighted by Gasteiger charge is 1.87. The SMILES string of the molecule is CCCCCCC=C(C)C=Cc1ccccc1. The second-order valence-corrected chi connectivity index (χ2v) is 4.54. The Balaban J connectivity index is 2.30. The van der Waals surface area contributed by atoms with E-state index in [0.717, 1.165) is 0 Å². The van der Waals surface area contributed by atoms with Crippen LogP contribution in [0.2, 0.25) is 0 Å². The van der Waals surface area contributed by atoms with Crippen LogP contribution in [0, 0.1) is 0 Å². The van der Waals surface area contributed by atoms with Gasteiger partial charge >= 0.3 is 0 Å². The zero-order valence-electron chi connectivity index (χ0n) is 11.2. The summed E-state index contributed by atoms with van der Waals surface area (Å²) in [6.45, 7) is 4.43. The van der Waals surface area contributed by atoms with Gasteiger partial charge in [0.2, 0.25) is 0 Å². The maximum atomic E-state index is 2.34. The first kappa shape index (κ1) is 13.8. The molecule has 0 fully saturated rings. The molecule has 0 heteroatoms. The molecule has 1 rings (SSSR count). The molecule has 0 bridgehead atoms. The molecule has 0 amide bonds. The van der Waals surface area contributed by atoms with Crippen molar-refractivity contribution in [1.82, 2.24) is 0 Å². The molecule has 92 valence electrons. The van der Waals surface area contributed by atoms with Crippen molar-refractivity contribution in [3.63, 3.8) is 0 Å². The second-order valence-electron chi connectivity index (χ2n) is 4.54. The third-order valence-electron chi connectivity index (χ3n) is 2.86. The van der Waals surface area contributed by atoms with Crippen molar-refractivity contribution in [2.75, 3.05) is 0 Å². The van der Waals surface area contributed by atoms with Crippen LogP contribution in [0.1, 0.15) is 51.5 Å². The molecule has 0 atom stereocenters. The first-order valence-electron chi connectivity index (χ1n) is 6.73. The van der Waals surface area contributed by atoms with Gasteiger partial charge in [0.05, 0.1) is 0 Å². The molecule has 0 nitrogen and oxygen atoms in total. The quantitative estimate of drug-likeness (QED) is 0.420. The van der Waals surface area contributed by atoms with E-state index in [1.165, 1.54) is 43.2 Å². The van der Waals surface area contributed by atoms with E-state index in [2.05, 4.69) is 56.3 Å². The van der Waals surface area contributed by atoms with Crippen LogP contribution in [0.4, 0.5) is 0 Å². The molecular formula is C17H24. The Bertz CT molecular complexity index is 344. The van der Waals surface area contributed by atoms with Crippen LogP contribution in [0.5, 0.6) is 0 Å². The summed E-state index contributed by atoms with van der Waals surface area (Å²) < 4.78 is 0. The van der Waals surface area contributed by atoms with Gasteiger partial charge in [-0.05, 0) is 25.3 Å². The van der Waals surface area contributed by atoms with Gasteiger partial charge in [0, 0.05) is 0 Å². The molecule has 0 unspecified atom stereocenters. The van der Waals surface area contributed by atoms with Crippen LogP contribution in [0.15, 0.2) is 48.1 Å². The van der Waals surface area contributed by atoms with E-state index in [9.17, 15) is 0 Å². The zero-order chi connectivity index (χ0) is 12.3. The molecule has 0 spiro atoms. The Morgan fingerprint density at radius 3 is 2.53 bits per heavy atom. The van der Waals surface area contributed by atoms with E-state index in [4.69, 9.17) is 0 Å². The van der Waals surface area contributed by atoms with Gasteiger partial charge < -0.3 is 0 Å². The number of unbranched alkanes of at least 4 members (excludes halogenated alkanes) is 4. The number of benzene rings is 1. The van der Waals surface area contributed by atoms with Gasteiger partial charge in [0.25, 0.3) is 0 Å². The normalized spacial score (nSPS) is 12.2. The van der Waals surface area contributed by atoms with Crippen LogP contribution < -0.4 is 0 Å². The average molecular weight is 228 g/mol. The predicted molar refractivity (Wildman–Crippen MR) is 78.0 cm³/mol. The number of hydrogen-bond donors (Lipinski definition) is 0. The van der Waals surface area contributed by atoms with Crippen LogP contribution >= 0.6 is 0 Å². The van der Waals surface area contributed by atoms with Crippen LogP contribution in [-0.2, 0) is 0 Å². The molecule has 0 aromatic heterocycles. The lowest BCUT2D eigenvalue weighted by Gasteiger charge is -1.96. The molecule has 0 aliphatic heterocycles. The van der Waals surface area contributed by atoms with Gasteiger partial charge in [-0.1, -0.05) is 80.3 Å². The minimum absolute atomic E-state index is 1.21. The van der Waals surface area contributed by atoms with Crippen LogP contribution in [-0.4, -0.2) is 0 Å². The lowest BCUT2D eigenvalue weighted by molar-refractivity contribution is 0.674.